The lowest BCUT2D eigenvalue weighted by Gasteiger charge is -2.05. The summed E-state index contributed by atoms with van der Waals surface area (Å²) in [6.07, 6.45) is -0.333. The molecule has 0 aliphatic heterocycles. The van der Waals surface area contributed by atoms with E-state index in [4.69, 9.17) is 4.74 Å². The van der Waals surface area contributed by atoms with E-state index < -0.39 is 0 Å². The maximum atomic E-state index is 10.5. The van der Waals surface area contributed by atoms with Gasteiger partial charge in [-0.05, 0) is 6.92 Å². The van der Waals surface area contributed by atoms with Gasteiger partial charge >= 0.3 is 0 Å². The van der Waals surface area contributed by atoms with Gasteiger partial charge < -0.3 is 10.1 Å². The van der Waals surface area contributed by atoms with Crippen molar-refractivity contribution in [3.63, 3.8) is 0 Å². The maximum Gasteiger partial charge on any atom is 0.248 e. The van der Waals surface area contributed by atoms with E-state index in [-0.39, 0.29) is 12.0 Å². The molecule has 3 heteroatoms. The van der Waals surface area contributed by atoms with Crippen LogP contribution in [0.1, 0.15) is 6.92 Å². The van der Waals surface area contributed by atoms with Crippen LogP contribution in [0.25, 0.3) is 0 Å². The lowest BCUT2D eigenvalue weighted by Crippen LogP contribution is -2.30. The average Bonchev–Trinajstić information content (AvgIpc) is 1.84. The van der Waals surface area contributed by atoms with Crippen molar-refractivity contribution in [1.82, 2.24) is 5.32 Å². The van der Waals surface area contributed by atoms with Gasteiger partial charge in [0.15, 0.2) is 0 Å². The number of ether oxygens (including phenoxy) is 1. The van der Waals surface area contributed by atoms with Crippen molar-refractivity contribution < 1.29 is 9.53 Å². The zero-order chi connectivity index (χ0) is 6.57. The van der Waals surface area contributed by atoms with Gasteiger partial charge in [0.25, 0.3) is 0 Å². The topological polar surface area (TPSA) is 38.3 Å². The van der Waals surface area contributed by atoms with Crippen molar-refractivity contribution >= 4 is 5.91 Å². The standard InChI is InChI=1S/C5H11NO2/c1-4(8-3)5(7)6-2/h4H,1-3H3,(H,6,7)/t4-/m1/s1. The van der Waals surface area contributed by atoms with Crippen LogP contribution >= 0.6 is 0 Å². The second kappa shape index (κ2) is 3.43. The van der Waals surface area contributed by atoms with Crippen LogP contribution in [0.15, 0.2) is 0 Å². The van der Waals surface area contributed by atoms with Gasteiger partial charge in [0.1, 0.15) is 6.10 Å². The van der Waals surface area contributed by atoms with Crippen LogP contribution in [0.3, 0.4) is 0 Å². The third-order valence-corrected chi connectivity index (χ3v) is 0.969. The number of methoxy groups -OCH3 is 1. The first-order valence-corrected chi connectivity index (χ1v) is 2.46. The van der Waals surface area contributed by atoms with Gasteiger partial charge in [-0.2, -0.15) is 0 Å². The Morgan fingerprint density at radius 2 is 2.25 bits per heavy atom. The molecule has 0 aromatic carbocycles. The molecule has 0 aromatic rings. The molecule has 48 valence electrons. The molecule has 8 heavy (non-hydrogen) atoms. The highest BCUT2D eigenvalue weighted by atomic mass is 16.5. The summed E-state index contributed by atoms with van der Waals surface area (Å²) in [7, 11) is 3.08. The predicted octanol–water partition coefficient (Wildman–Crippen LogP) is -0.233. The van der Waals surface area contributed by atoms with Gasteiger partial charge in [0.05, 0.1) is 0 Å². The molecule has 1 amide bonds. The number of carbonyl (C=O) groups excluding carboxylic acids is 1. The fourth-order valence-electron chi connectivity index (χ4n) is 0.310. The normalized spacial score (nSPS) is 12.9. The smallest absolute Gasteiger partial charge is 0.248 e. The molecule has 0 heterocycles. The van der Waals surface area contributed by atoms with Crippen LogP contribution in [-0.4, -0.2) is 26.2 Å². The highest BCUT2D eigenvalue weighted by molar-refractivity contribution is 5.79. The molecule has 0 fully saturated rings. The van der Waals surface area contributed by atoms with Crippen molar-refractivity contribution in [2.45, 2.75) is 13.0 Å². The Balaban J connectivity index is 3.46. The molecular weight excluding hydrogens is 106 g/mol. The molecule has 1 N–H and O–H groups in total. The first-order chi connectivity index (χ1) is 3.72. The summed E-state index contributed by atoms with van der Waals surface area (Å²) < 4.78 is 4.69. The van der Waals surface area contributed by atoms with E-state index in [9.17, 15) is 4.79 Å². The molecule has 0 saturated heterocycles. The second-order valence-corrected chi connectivity index (χ2v) is 1.49. The van der Waals surface area contributed by atoms with E-state index in [2.05, 4.69) is 5.32 Å². The minimum Gasteiger partial charge on any atom is -0.372 e. The Hall–Kier alpha value is -0.570. The van der Waals surface area contributed by atoms with E-state index in [1.54, 1.807) is 14.0 Å². The summed E-state index contributed by atoms with van der Waals surface area (Å²) in [6.45, 7) is 1.69. The number of likely N-dealkylation sites (N-methyl/N-ethyl adjacent to an activating group) is 1. The maximum absolute atomic E-state index is 10.5. The largest absolute Gasteiger partial charge is 0.372 e. The Morgan fingerprint density at radius 1 is 1.75 bits per heavy atom. The summed E-state index contributed by atoms with van der Waals surface area (Å²) in [5.41, 5.74) is 0. The van der Waals surface area contributed by atoms with Gasteiger partial charge in [0.2, 0.25) is 5.91 Å². The van der Waals surface area contributed by atoms with Gasteiger partial charge in [0, 0.05) is 14.2 Å². The summed E-state index contributed by atoms with van der Waals surface area (Å²) in [5, 5.41) is 2.45. The lowest BCUT2D eigenvalue weighted by atomic mass is 10.4. The molecule has 0 unspecified atom stereocenters. The Kier molecular flexibility index (Phi) is 3.19. The number of nitrogens with one attached hydrogen (secondary N) is 1. The first kappa shape index (κ1) is 7.43. The van der Waals surface area contributed by atoms with Crippen molar-refractivity contribution in [2.75, 3.05) is 14.2 Å². The summed E-state index contributed by atoms with van der Waals surface area (Å²) >= 11 is 0. The van der Waals surface area contributed by atoms with E-state index in [0.29, 0.717) is 0 Å². The Morgan fingerprint density at radius 3 is 2.38 bits per heavy atom. The summed E-state index contributed by atoms with van der Waals surface area (Å²) in [6, 6.07) is 0. The summed E-state index contributed by atoms with van der Waals surface area (Å²) in [4.78, 5) is 10.5. The molecule has 1 atom stereocenters. The second-order valence-electron chi connectivity index (χ2n) is 1.49. The lowest BCUT2D eigenvalue weighted by molar-refractivity contribution is -0.129. The highest BCUT2D eigenvalue weighted by Crippen LogP contribution is 1.83. The van der Waals surface area contributed by atoms with Gasteiger partial charge in [-0.1, -0.05) is 0 Å². The van der Waals surface area contributed by atoms with Crippen molar-refractivity contribution in [3.05, 3.63) is 0 Å². The SMILES string of the molecule is CNC(=O)[C@@H](C)OC. The van der Waals surface area contributed by atoms with E-state index in [1.807, 2.05) is 0 Å². The van der Waals surface area contributed by atoms with Crippen LogP contribution in [0, 0.1) is 0 Å². The average molecular weight is 117 g/mol. The fourth-order valence-corrected chi connectivity index (χ4v) is 0.310. The minimum absolute atomic E-state index is 0.0903. The van der Waals surface area contributed by atoms with Crippen molar-refractivity contribution in [1.29, 1.82) is 0 Å². The molecule has 0 radical (unpaired) electrons. The Bertz CT molecular complexity index is 82.5. The zero-order valence-corrected chi connectivity index (χ0v) is 5.39. The van der Waals surface area contributed by atoms with Gasteiger partial charge in [-0.3, -0.25) is 4.79 Å². The molecule has 0 aliphatic rings. The molecule has 0 rings (SSSR count). The van der Waals surface area contributed by atoms with Crippen LogP contribution in [0.2, 0.25) is 0 Å². The number of rotatable bonds is 2. The molecule has 0 saturated carbocycles. The molecule has 3 nitrogen and oxygen atoms in total. The van der Waals surface area contributed by atoms with Crippen LogP contribution in [0.5, 0.6) is 0 Å². The monoisotopic (exact) mass is 117 g/mol. The van der Waals surface area contributed by atoms with Gasteiger partial charge in [-0.25, -0.2) is 0 Å². The quantitative estimate of drug-likeness (QED) is 0.542. The van der Waals surface area contributed by atoms with Gasteiger partial charge in [-0.15, -0.1) is 0 Å². The molecule has 0 bridgehead atoms. The molecule has 0 aliphatic carbocycles. The van der Waals surface area contributed by atoms with Crippen molar-refractivity contribution in [3.8, 4) is 0 Å². The molecule has 0 spiro atoms. The van der Waals surface area contributed by atoms with E-state index in [0.717, 1.165) is 0 Å². The predicted molar refractivity (Wildman–Crippen MR) is 30.5 cm³/mol. The molecular formula is C5H11NO2. The number of carbonyl (C=O) groups is 1. The van der Waals surface area contributed by atoms with E-state index >= 15 is 0 Å². The van der Waals surface area contributed by atoms with Crippen LogP contribution < -0.4 is 5.32 Å². The zero-order valence-electron chi connectivity index (χ0n) is 5.39. The highest BCUT2D eigenvalue weighted by Gasteiger charge is 2.06. The minimum atomic E-state index is -0.333. The van der Waals surface area contributed by atoms with Crippen molar-refractivity contribution in [2.24, 2.45) is 0 Å². The number of amides is 1. The number of hydrogen-bond donors (Lipinski definition) is 1. The first-order valence-electron chi connectivity index (χ1n) is 2.46. The third-order valence-electron chi connectivity index (χ3n) is 0.969. The molecule has 0 aromatic heterocycles. The third kappa shape index (κ3) is 1.93. The number of hydrogen-bond acceptors (Lipinski definition) is 2. The fraction of sp³-hybridized carbons (Fsp3) is 0.800. The summed E-state index contributed by atoms with van der Waals surface area (Å²) in [5.74, 6) is -0.0903. The van der Waals surface area contributed by atoms with E-state index in [1.165, 1.54) is 7.11 Å². The van der Waals surface area contributed by atoms with Crippen LogP contribution in [-0.2, 0) is 9.53 Å². The van der Waals surface area contributed by atoms with Crippen LogP contribution in [0.4, 0.5) is 0 Å². The Labute approximate surface area is 49.0 Å².